The molecule has 0 saturated heterocycles. The number of hydrogen-bond donors (Lipinski definition) is 1. The van der Waals surface area contributed by atoms with Crippen LogP contribution in [0.3, 0.4) is 0 Å². The van der Waals surface area contributed by atoms with Gasteiger partial charge in [-0.1, -0.05) is 12.8 Å². The van der Waals surface area contributed by atoms with E-state index in [4.69, 9.17) is 0 Å². The highest BCUT2D eigenvalue weighted by molar-refractivity contribution is 7.90. The molecule has 0 aliphatic carbocycles. The number of unbranched alkanes of at least 4 members (excludes halogenated alkanes) is 3. The van der Waals surface area contributed by atoms with E-state index in [0.29, 0.717) is 6.54 Å². The van der Waals surface area contributed by atoms with Crippen LogP contribution in [0.25, 0.3) is 0 Å². The summed E-state index contributed by atoms with van der Waals surface area (Å²) in [5.41, 5.74) is 0. The Balaban J connectivity index is 3.34. The number of sulfone groups is 1. The molecular weight excluding hydrogens is 224 g/mol. The van der Waals surface area contributed by atoms with E-state index in [9.17, 15) is 8.42 Å². The summed E-state index contributed by atoms with van der Waals surface area (Å²) in [4.78, 5) is 2.10. The summed E-state index contributed by atoms with van der Waals surface area (Å²) >= 11 is 0. The second-order valence-electron chi connectivity index (χ2n) is 4.45. The van der Waals surface area contributed by atoms with Gasteiger partial charge in [0.05, 0.1) is 5.75 Å². The van der Waals surface area contributed by atoms with E-state index in [1.54, 1.807) is 0 Å². The highest BCUT2D eigenvalue weighted by atomic mass is 32.2. The summed E-state index contributed by atoms with van der Waals surface area (Å²) in [5.74, 6) is 0.267. The molecule has 0 aromatic heterocycles. The Morgan fingerprint density at radius 2 is 1.69 bits per heavy atom. The van der Waals surface area contributed by atoms with Gasteiger partial charge >= 0.3 is 0 Å². The molecule has 0 aliphatic rings. The van der Waals surface area contributed by atoms with Crippen LogP contribution in [0.2, 0.25) is 0 Å². The minimum Gasteiger partial charge on any atom is -0.320 e. The monoisotopic (exact) mass is 250 g/mol. The molecule has 0 bridgehead atoms. The second kappa shape index (κ2) is 8.96. The molecule has 1 N–H and O–H groups in total. The van der Waals surface area contributed by atoms with Gasteiger partial charge in [-0.05, 0) is 40.0 Å². The summed E-state index contributed by atoms with van der Waals surface area (Å²) in [7, 11) is 1.14. The molecule has 5 heteroatoms. The molecule has 0 atom stereocenters. The maximum Gasteiger partial charge on any atom is 0.148 e. The highest BCUT2D eigenvalue weighted by Crippen LogP contribution is 2.00. The highest BCUT2D eigenvalue weighted by Gasteiger charge is 2.04. The number of hydrogen-bond acceptors (Lipinski definition) is 4. The van der Waals surface area contributed by atoms with Gasteiger partial charge in [-0.2, -0.15) is 0 Å². The predicted octanol–water partition coefficient (Wildman–Crippen LogP) is 0.743. The molecule has 0 saturated carbocycles. The van der Waals surface area contributed by atoms with Crippen molar-refractivity contribution in [2.75, 3.05) is 45.7 Å². The molecule has 0 aromatic rings. The molecule has 4 nitrogen and oxygen atoms in total. The molecule has 16 heavy (non-hydrogen) atoms. The van der Waals surface area contributed by atoms with E-state index in [-0.39, 0.29) is 5.75 Å². The van der Waals surface area contributed by atoms with Gasteiger partial charge in [-0.25, -0.2) is 8.42 Å². The summed E-state index contributed by atoms with van der Waals surface area (Å²) in [5, 5.41) is 3.13. The van der Waals surface area contributed by atoms with Gasteiger partial charge in [0.2, 0.25) is 0 Å². The van der Waals surface area contributed by atoms with Crippen LogP contribution >= 0.6 is 0 Å². The van der Waals surface area contributed by atoms with Gasteiger partial charge in [0.15, 0.2) is 0 Å². The van der Waals surface area contributed by atoms with Crippen molar-refractivity contribution in [3.63, 3.8) is 0 Å². The molecule has 0 fully saturated rings. The van der Waals surface area contributed by atoms with Gasteiger partial charge < -0.3 is 10.2 Å². The molecule has 0 aromatic carbocycles. The topological polar surface area (TPSA) is 49.4 Å². The first-order valence-corrected chi connectivity index (χ1v) is 8.02. The summed E-state index contributed by atoms with van der Waals surface area (Å²) in [6, 6.07) is 0. The van der Waals surface area contributed by atoms with Gasteiger partial charge in [0.1, 0.15) is 9.84 Å². The average molecular weight is 250 g/mol. The quantitative estimate of drug-likeness (QED) is 0.581. The second-order valence-corrected chi connectivity index (χ2v) is 6.71. The van der Waals surface area contributed by atoms with Crippen LogP contribution in [-0.2, 0) is 9.84 Å². The molecule has 0 heterocycles. The van der Waals surface area contributed by atoms with Crippen LogP contribution in [0, 0.1) is 0 Å². The Hall–Kier alpha value is -0.130. The van der Waals surface area contributed by atoms with Gasteiger partial charge in [-0.3, -0.25) is 0 Å². The van der Waals surface area contributed by atoms with Crippen molar-refractivity contribution in [3.05, 3.63) is 0 Å². The van der Waals surface area contributed by atoms with Gasteiger partial charge in [-0.15, -0.1) is 0 Å². The number of nitrogens with zero attached hydrogens (tertiary/aromatic N) is 1. The van der Waals surface area contributed by atoms with E-state index in [1.165, 1.54) is 25.5 Å². The lowest BCUT2D eigenvalue weighted by molar-refractivity contribution is 0.341. The van der Waals surface area contributed by atoms with Crippen LogP contribution in [0.5, 0.6) is 0 Å². The van der Waals surface area contributed by atoms with Crippen LogP contribution in [0.15, 0.2) is 0 Å². The largest absolute Gasteiger partial charge is 0.320 e. The summed E-state index contributed by atoms with van der Waals surface area (Å²) in [6.45, 7) is 2.73. The molecule has 0 aliphatic heterocycles. The molecule has 0 amide bonds. The zero-order chi connectivity index (χ0) is 12.4. The van der Waals surface area contributed by atoms with Crippen molar-refractivity contribution in [2.45, 2.75) is 25.7 Å². The Bertz CT molecular complexity index is 253. The van der Waals surface area contributed by atoms with E-state index in [0.717, 1.165) is 19.5 Å². The molecule has 0 spiro atoms. The Morgan fingerprint density at radius 3 is 2.25 bits per heavy atom. The first kappa shape index (κ1) is 15.9. The number of rotatable bonds is 10. The Kier molecular flexibility index (Phi) is 8.89. The van der Waals surface area contributed by atoms with Crippen LogP contribution in [0.1, 0.15) is 25.7 Å². The fourth-order valence-electron chi connectivity index (χ4n) is 1.47. The lowest BCUT2D eigenvalue weighted by Crippen LogP contribution is -2.26. The first-order chi connectivity index (χ1) is 7.45. The maximum absolute atomic E-state index is 11.0. The van der Waals surface area contributed by atoms with Crippen LogP contribution in [0.4, 0.5) is 0 Å². The smallest absolute Gasteiger partial charge is 0.148 e. The van der Waals surface area contributed by atoms with E-state index >= 15 is 0 Å². The first-order valence-electron chi connectivity index (χ1n) is 5.96. The lowest BCUT2D eigenvalue weighted by Gasteiger charge is -2.15. The van der Waals surface area contributed by atoms with Crippen molar-refractivity contribution >= 4 is 9.84 Å². The lowest BCUT2D eigenvalue weighted by atomic mass is 10.2. The van der Waals surface area contributed by atoms with Crippen LogP contribution in [-0.4, -0.2) is 59.1 Å². The molecule has 98 valence electrons. The zero-order valence-electron chi connectivity index (χ0n) is 10.8. The summed E-state index contributed by atoms with van der Waals surface area (Å²) in [6.07, 6.45) is 6.15. The van der Waals surface area contributed by atoms with E-state index < -0.39 is 9.84 Å². The zero-order valence-corrected chi connectivity index (χ0v) is 11.6. The molecule has 0 unspecified atom stereocenters. The third kappa shape index (κ3) is 11.9. The Labute approximate surface area is 100 Å². The standard InChI is InChI=1S/C11H26N2O2S/c1-12-8-6-4-5-7-9-13(2)10-11-16(3,14)15/h12H,4-11H2,1-3H3. The average Bonchev–Trinajstić information content (AvgIpc) is 2.19. The van der Waals surface area contributed by atoms with E-state index in [2.05, 4.69) is 10.2 Å². The third-order valence-electron chi connectivity index (χ3n) is 2.56. The van der Waals surface area contributed by atoms with Crippen molar-refractivity contribution in [1.82, 2.24) is 10.2 Å². The maximum atomic E-state index is 11.0. The van der Waals surface area contributed by atoms with E-state index in [1.807, 2.05) is 14.1 Å². The number of nitrogens with one attached hydrogen (secondary N) is 1. The summed E-state index contributed by atoms with van der Waals surface area (Å²) < 4.78 is 21.9. The fraction of sp³-hybridized carbons (Fsp3) is 1.00. The van der Waals surface area contributed by atoms with Crippen molar-refractivity contribution in [1.29, 1.82) is 0 Å². The normalized spacial score (nSPS) is 12.2. The minimum absolute atomic E-state index is 0.267. The SMILES string of the molecule is CNCCCCCCN(C)CCS(C)(=O)=O. The fourth-order valence-corrected chi connectivity index (χ4v) is 2.11. The molecule has 0 radical (unpaired) electrons. The third-order valence-corrected chi connectivity index (χ3v) is 3.48. The van der Waals surface area contributed by atoms with Gasteiger partial charge in [0.25, 0.3) is 0 Å². The minimum atomic E-state index is -2.81. The van der Waals surface area contributed by atoms with Crippen molar-refractivity contribution in [3.8, 4) is 0 Å². The van der Waals surface area contributed by atoms with Gasteiger partial charge in [0, 0.05) is 12.8 Å². The molecular formula is C11H26N2O2S. The van der Waals surface area contributed by atoms with Crippen molar-refractivity contribution < 1.29 is 8.42 Å². The Morgan fingerprint density at radius 1 is 1.06 bits per heavy atom. The molecule has 0 rings (SSSR count). The predicted molar refractivity (Wildman–Crippen MR) is 69.6 cm³/mol. The van der Waals surface area contributed by atoms with Crippen molar-refractivity contribution in [2.24, 2.45) is 0 Å². The van der Waals surface area contributed by atoms with Crippen LogP contribution < -0.4 is 5.32 Å².